The number of carbonyl (C=O) groups excluding carboxylic acids is 2. The standard InChI is InChI=1S/C35H29ClN6O2/c36-29-14-6-9-17-32(29)41-21-27(19-34(41)43)35(44)37-20-26-13-5-8-16-31(26)42-23-28(38-39-42)22-40-30-15-7-4-12-25(30)18-33(40)24-10-2-1-3-11-24/h1-18,23,27H,19-22H2,(H,37,44). The number of hydrogen-bond donors (Lipinski definition) is 1. The van der Waals surface area contributed by atoms with Crippen LogP contribution >= 0.6 is 11.6 Å². The monoisotopic (exact) mass is 600 g/mol. The zero-order valence-corrected chi connectivity index (χ0v) is 24.6. The first kappa shape index (κ1) is 27.6. The van der Waals surface area contributed by atoms with Gasteiger partial charge < -0.3 is 14.8 Å². The highest BCUT2D eigenvalue weighted by atomic mass is 35.5. The lowest BCUT2D eigenvalue weighted by Gasteiger charge is -2.18. The van der Waals surface area contributed by atoms with Crippen LogP contribution in [0.4, 0.5) is 5.69 Å². The van der Waals surface area contributed by atoms with Crippen LogP contribution < -0.4 is 10.2 Å². The van der Waals surface area contributed by atoms with Gasteiger partial charge in [-0.1, -0.05) is 95.7 Å². The zero-order valence-electron chi connectivity index (χ0n) is 23.8. The molecule has 44 heavy (non-hydrogen) atoms. The van der Waals surface area contributed by atoms with Crippen molar-refractivity contribution < 1.29 is 9.59 Å². The van der Waals surface area contributed by atoms with Crippen LogP contribution in [0.15, 0.2) is 115 Å². The maximum absolute atomic E-state index is 13.2. The summed E-state index contributed by atoms with van der Waals surface area (Å²) in [5, 5.41) is 13.7. The summed E-state index contributed by atoms with van der Waals surface area (Å²) >= 11 is 6.31. The number of carbonyl (C=O) groups is 2. The number of halogens is 1. The Morgan fingerprint density at radius 1 is 0.886 bits per heavy atom. The Kier molecular flexibility index (Phi) is 7.42. The molecule has 2 aromatic heterocycles. The number of rotatable bonds is 8. The first-order valence-electron chi connectivity index (χ1n) is 14.5. The lowest BCUT2D eigenvalue weighted by atomic mass is 10.1. The van der Waals surface area contributed by atoms with Crippen LogP contribution in [-0.2, 0) is 22.7 Å². The smallest absolute Gasteiger partial charge is 0.227 e. The molecule has 1 aliphatic heterocycles. The Morgan fingerprint density at radius 2 is 1.61 bits per heavy atom. The SMILES string of the molecule is O=C(NCc1ccccc1-n1cc(Cn2c(-c3ccccc3)cc3ccccc32)nn1)C1CC(=O)N(c2ccccc2Cl)C1. The number of fused-ring (bicyclic) bond motifs is 1. The van der Waals surface area contributed by atoms with E-state index in [1.54, 1.807) is 21.7 Å². The molecule has 1 atom stereocenters. The van der Waals surface area contributed by atoms with Gasteiger partial charge in [0.25, 0.3) is 0 Å². The number of hydrogen-bond acceptors (Lipinski definition) is 4. The lowest BCUT2D eigenvalue weighted by Crippen LogP contribution is -2.33. The van der Waals surface area contributed by atoms with Gasteiger partial charge in [-0.25, -0.2) is 4.68 Å². The molecule has 0 radical (unpaired) electrons. The van der Waals surface area contributed by atoms with Crippen molar-refractivity contribution in [3.8, 4) is 16.9 Å². The molecule has 218 valence electrons. The molecule has 0 aliphatic carbocycles. The molecule has 0 saturated carbocycles. The molecule has 1 aliphatic rings. The van der Waals surface area contributed by atoms with E-state index in [9.17, 15) is 9.59 Å². The van der Waals surface area contributed by atoms with Gasteiger partial charge >= 0.3 is 0 Å². The van der Waals surface area contributed by atoms with Crippen molar-refractivity contribution in [3.63, 3.8) is 0 Å². The third kappa shape index (κ3) is 5.36. The molecule has 2 amide bonds. The molecule has 8 nitrogen and oxygen atoms in total. The van der Waals surface area contributed by atoms with Crippen molar-refractivity contribution in [1.82, 2.24) is 24.9 Å². The van der Waals surface area contributed by atoms with Gasteiger partial charge in [0.05, 0.1) is 35.1 Å². The molecular weight excluding hydrogens is 572 g/mol. The second-order valence-electron chi connectivity index (χ2n) is 10.9. The van der Waals surface area contributed by atoms with Crippen LogP contribution in [0.5, 0.6) is 0 Å². The summed E-state index contributed by atoms with van der Waals surface area (Å²) in [6.07, 6.45) is 2.07. The minimum atomic E-state index is -0.459. The quantitative estimate of drug-likeness (QED) is 0.223. The van der Waals surface area contributed by atoms with Crippen molar-refractivity contribution in [2.45, 2.75) is 19.5 Å². The van der Waals surface area contributed by atoms with E-state index in [1.165, 1.54) is 5.39 Å². The van der Waals surface area contributed by atoms with Crippen LogP contribution in [0.2, 0.25) is 5.02 Å². The number of nitrogens with zero attached hydrogens (tertiary/aromatic N) is 5. The average Bonchev–Trinajstić information content (AvgIpc) is 3.78. The fourth-order valence-corrected chi connectivity index (χ4v) is 6.11. The van der Waals surface area contributed by atoms with Gasteiger partial charge in [-0.05, 0) is 41.5 Å². The fourth-order valence-electron chi connectivity index (χ4n) is 5.88. The van der Waals surface area contributed by atoms with Gasteiger partial charge in [0, 0.05) is 36.1 Å². The number of anilines is 1. The van der Waals surface area contributed by atoms with Crippen LogP contribution in [0.3, 0.4) is 0 Å². The van der Waals surface area contributed by atoms with Crippen LogP contribution in [-0.4, -0.2) is 37.9 Å². The summed E-state index contributed by atoms with van der Waals surface area (Å²) in [5.41, 5.74) is 6.53. The van der Waals surface area contributed by atoms with Crippen LogP contribution in [0, 0.1) is 5.92 Å². The number of amides is 2. The van der Waals surface area contributed by atoms with E-state index < -0.39 is 5.92 Å². The van der Waals surface area contributed by atoms with Crippen LogP contribution in [0.1, 0.15) is 17.7 Å². The minimum Gasteiger partial charge on any atom is -0.352 e. The first-order valence-corrected chi connectivity index (χ1v) is 14.9. The highest BCUT2D eigenvalue weighted by Gasteiger charge is 2.35. The molecular formula is C35H29ClN6O2. The van der Waals surface area contributed by atoms with E-state index in [0.29, 0.717) is 30.3 Å². The molecule has 1 saturated heterocycles. The van der Waals surface area contributed by atoms with Gasteiger partial charge in [-0.3, -0.25) is 9.59 Å². The van der Waals surface area contributed by atoms with Gasteiger partial charge in [0.2, 0.25) is 11.8 Å². The number of para-hydroxylation sites is 3. The Morgan fingerprint density at radius 3 is 2.45 bits per heavy atom. The normalized spacial score (nSPS) is 14.8. The molecule has 7 rings (SSSR count). The predicted octanol–water partition coefficient (Wildman–Crippen LogP) is 6.26. The second kappa shape index (κ2) is 11.8. The number of benzene rings is 4. The van der Waals surface area contributed by atoms with Crippen molar-refractivity contribution in [1.29, 1.82) is 0 Å². The fraction of sp³-hybridized carbons (Fsp3) is 0.143. The van der Waals surface area contributed by atoms with E-state index in [2.05, 4.69) is 50.5 Å². The van der Waals surface area contributed by atoms with Crippen molar-refractivity contribution in [3.05, 3.63) is 132 Å². The average molecular weight is 601 g/mol. The van der Waals surface area contributed by atoms with Gasteiger partial charge in [0.15, 0.2) is 0 Å². The number of nitrogens with one attached hydrogen (secondary N) is 1. The molecule has 0 spiro atoms. The van der Waals surface area contributed by atoms with E-state index in [0.717, 1.165) is 33.7 Å². The van der Waals surface area contributed by atoms with Gasteiger partial charge in [-0.2, -0.15) is 0 Å². The summed E-state index contributed by atoms with van der Waals surface area (Å²) in [6.45, 7) is 1.14. The molecule has 1 fully saturated rings. The summed E-state index contributed by atoms with van der Waals surface area (Å²) in [6, 6.07) is 35.8. The summed E-state index contributed by atoms with van der Waals surface area (Å²) in [5.74, 6) is -0.742. The Balaban J connectivity index is 1.08. The Hall–Kier alpha value is -5.21. The first-order chi connectivity index (χ1) is 21.5. The zero-order chi connectivity index (χ0) is 30.0. The van der Waals surface area contributed by atoms with E-state index in [1.807, 2.05) is 72.9 Å². The van der Waals surface area contributed by atoms with Gasteiger partial charge in [-0.15, -0.1) is 5.10 Å². The highest BCUT2D eigenvalue weighted by Crippen LogP contribution is 2.32. The molecule has 1 unspecified atom stereocenters. The van der Waals surface area contributed by atoms with Crippen molar-refractivity contribution >= 4 is 40.0 Å². The van der Waals surface area contributed by atoms with E-state index >= 15 is 0 Å². The van der Waals surface area contributed by atoms with E-state index in [-0.39, 0.29) is 18.2 Å². The molecule has 3 heterocycles. The molecule has 1 N–H and O–H groups in total. The maximum Gasteiger partial charge on any atom is 0.227 e. The van der Waals surface area contributed by atoms with Crippen molar-refractivity contribution in [2.75, 3.05) is 11.4 Å². The topological polar surface area (TPSA) is 85.0 Å². The van der Waals surface area contributed by atoms with Crippen molar-refractivity contribution in [2.24, 2.45) is 5.92 Å². The molecule has 6 aromatic rings. The van der Waals surface area contributed by atoms with Gasteiger partial charge in [0.1, 0.15) is 5.69 Å². The van der Waals surface area contributed by atoms with Crippen LogP contribution in [0.25, 0.3) is 27.8 Å². The van der Waals surface area contributed by atoms with E-state index in [4.69, 9.17) is 11.6 Å². The second-order valence-corrected chi connectivity index (χ2v) is 11.3. The summed E-state index contributed by atoms with van der Waals surface area (Å²) in [4.78, 5) is 27.5. The highest BCUT2D eigenvalue weighted by molar-refractivity contribution is 6.33. The lowest BCUT2D eigenvalue weighted by molar-refractivity contribution is -0.126. The summed E-state index contributed by atoms with van der Waals surface area (Å²) in [7, 11) is 0. The third-order valence-electron chi connectivity index (χ3n) is 8.07. The summed E-state index contributed by atoms with van der Waals surface area (Å²) < 4.78 is 4.02. The molecule has 4 aromatic carbocycles. The molecule has 9 heteroatoms. The Bertz CT molecular complexity index is 1980. The number of aromatic nitrogens is 4. The largest absolute Gasteiger partial charge is 0.352 e. The molecule has 0 bridgehead atoms. The maximum atomic E-state index is 13.2. The Labute approximate surface area is 259 Å². The minimum absolute atomic E-state index is 0.111. The predicted molar refractivity (Wildman–Crippen MR) is 172 cm³/mol. The third-order valence-corrected chi connectivity index (χ3v) is 8.39.